The summed E-state index contributed by atoms with van der Waals surface area (Å²) in [5.41, 5.74) is 0.964. The van der Waals surface area contributed by atoms with E-state index in [1.165, 1.54) is 5.69 Å². The van der Waals surface area contributed by atoms with Crippen molar-refractivity contribution < 1.29 is 0 Å². The summed E-state index contributed by atoms with van der Waals surface area (Å²) in [6, 6.07) is 10.7. The molecular weight excluding hydrogens is 324 g/mol. The van der Waals surface area contributed by atoms with Crippen LogP contribution in [0.1, 0.15) is 34.6 Å². The molecular formula is C17H27B2N7. The first-order chi connectivity index (χ1) is 12.2. The maximum absolute atomic E-state index is 4.37. The second-order valence-corrected chi connectivity index (χ2v) is 8.91. The molecule has 0 amide bonds. The average molecular weight is 351 g/mol. The van der Waals surface area contributed by atoms with Gasteiger partial charge < -0.3 is 14.3 Å². The summed E-state index contributed by atoms with van der Waals surface area (Å²) in [6.45, 7) is 16.2. The van der Waals surface area contributed by atoms with Gasteiger partial charge in [0.1, 0.15) is 6.17 Å². The minimum absolute atomic E-state index is 0.00183. The maximum atomic E-state index is 4.37. The highest BCUT2D eigenvalue weighted by Gasteiger charge is 2.60. The lowest BCUT2D eigenvalue weighted by atomic mass is 9.53. The number of rotatable bonds is 1. The summed E-state index contributed by atoms with van der Waals surface area (Å²) in [6.07, 6.45) is 0.117. The summed E-state index contributed by atoms with van der Waals surface area (Å²) in [5.74, 6) is 0.842. The van der Waals surface area contributed by atoms with Crippen molar-refractivity contribution in [3.8, 4) is 0 Å². The van der Waals surface area contributed by atoms with Crippen molar-refractivity contribution in [2.24, 2.45) is 0 Å². The monoisotopic (exact) mass is 351 g/mol. The van der Waals surface area contributed by atoms with Gasteiger partial charge in [-0.3, -0.25) is 0 Å². The average Bonchev–Trinajstić information content (AvgIpc) is 3.10. The van der Waals surface area contributed by atoms with Crippen LogP contribution in [0.3, 0.4) is 0 Å². The van der Waals surface area contributed by atoms with Gasteiger partial charge in [0, 0.05) is 5.69 Å². The minimum Gasteiger partial charge on any atom is -0.381 e. The van der Waals surface area contributed by atoms with Crippen LogP contribution in [0.15, 0.2) is 30.3 Å². The standard InChI is InChI=1S/C17H27B2N7/c1-16(2,3)26-18(6)23(13-11-9-8-10-12-13)14-17(4,5)25-15(20-21-22-25)24(14)19(26)7/h8-12,14H,1-7H3. The second-order valence-electron chi connectivity index (χ2n) is 8.91. The number of tetrazole rings is 1. The molecule has 26 heavy (non-hydrogen) atoms. The molecule has 1 unspecified atom stereocenters. The fourth-order valence-corrected chi connectivity index (χ4v) is 4.98. The number of fused-ring (bicyclic) bond motifs is 3. The molecule has 0 radical (unpaired) electrons. The van der Waals surface area contributed by atoms with Crippen molar-refractivity contribution in [2.45, 2.75) is 65.5 Å². The predicted octanol–water partition coefficient (Wildman–Crippen LogP) is 2.41. The van der Waals surface area contributed by atoms with E-state index < -0.39 is 0 Å². The topological polar surface area (TPSA) is 53.3 Å². The van der Waals surface area contributed by atoms with Gasteiger partial charge in [-0.1, -0.05) is 36.9 Å². The number of benzene rings is 1. The van der Waals surface area contributed by atoms with E-state index in [-0.39, 0.29) is 31.2 Å². The molecule has 4 rings (SSSR count). The molecule has 1 atom stereocenters. The Morgan fingerprint density at radius 2 is 1.62 bits per heavy atom. The molecule has 1 aromatic heterocycles. The van der Waals surface area contributed by atoms with Crippen LogP contribution < -0.4 is 9.62 Å². The third-order valence-electron chi connectivity index (χ3n) is 5.83. The number of anilines is 2. The highest BCUT2D eigenvalue weighted by atomic mass is 15.7. The van der Waals surface area contributed by atoms with Gasteiger partial charge in [-0.2, -0.15) is 0 Å². The Labute approximate surface area is 156 Å². The molecule has 9 heteroatoms. The highest BCUT2D eigenvalue weighted by Crippen LogP contribution is 2.45. The van der Waals surface area contributed by atoms with Gasteiger partial charge in [-0.05, 0) is 62.7 Å². The Kier molecular flexibility index (Phi) is 3.67. The Morgan fingerprint density at radius 3 is 2.23 bits per heavy atom. The Bertz CT molecular complexity index is 801. The SMILES string of the molecule is CB1N(c2ccccc2)C2N(B(C)N1C(C)(C)C)c1nnnn1C2(C)C. The zero-order valence-corrected chi connectivity index (χ0v) is 16.7. The fourth-order valence-electron chi connectivity index (χ4n) is 4.98. The molecule has 0 N–H and O–H groups in total. The first-order valence-corrected chi connectivity index (χ1v) is 9.34. The van der Waals surface area contributed by atoms with Gasteiger partial charge in [0.05, 0.1) is 5.54 Å². The normalized spacial score (nSPS) is 22.7. The van der Waals surface area contributed by atoms with E-state index in [0.29, 0.717) is 0 Å². The van der Waals surface area contributed by atoms with Crippen molar-refractivity contribution in [1.29, 1.82) is 0 Å². The van der Waals surface area contributed by atoms with E-state index in [4.69, 9.17) is 0 Å². The number of aromatic nitrogens is 4. The Balaban J connectivity index is 1.92. The zero-order valence-electron chi connectivity index (χ0n) is 16.7. The maximum Gasteiger partial charge on any atom is 0.334 e. The second kappa shape index (κ2) is 5.49. The molecule has 2 aliphatic heterocycles. The van der Waals surface area contributed by atoms with Crippen LogP contribution in [-0.2, 0) is 5.54 Å². The van der Waals surface area contributed by atoms with Gasteiger partial charge in [-0.25, -0.2) is 4.68 Å². The van der Waals surface area contributed by atoms with Gasteiger partial charge in [0.15, 0.2) is 0 Å². The van der Waals surface area contributed by atoms with Crippen molar-refractivity contribution in [2.75, 3.05) is 9.62 Å². The molecule has 1 fully saturated rings. The minimum atomic E-state index is -0.249. The lowest BCUT2D eigenvalue weighted by Gasteiger charge is -2.58. The lowest BCUT2D eigenvalue weighted by molar-refractivity contribution is 0.279. The summed E-state index contributed by atoms with van der Waals surface area (Å²) >= 11 is 0. The lowest BCUT2D eigenvalue weighted by Crippen LogP contribution is -2.79. The van der Waals surface area contributed by atoms with E-state index in [0.717, 1.165) is 5.95 Å². The molecule has 7 nitrogen and oxygen atoms in total. The molecule has 3 heterocycles. The molecule has 2 aliphatic rings. The van der Waals surface area contributed by atoms with Crippen LogP contribution in [0.25, 0.3) is 0 Å². The van der Waals surface area contributed by atoms with Crippen LogP contribution in [0.5, 0.6) is 0 Å². The molecule has 0 bridgehead atoms. The quantitative estimate of drug-likeness (QED) is 0.736. The van der Waals surface area contributed by atoms with Crippen molar-refractivity contribution in [1.82, 2.24) is 24.9 Å². The van der Waals surface area contributed by atoms with E-state index >= 15 is 0 Å². The molecule has 1 saturated heterocycles. The molecule has 2 aromatic rings. The molecule has 1 aromatic carbocycles. The van der Waals surface area contributed by atoms with E-state index in [1.54, 1.807) is 0 Å². The largest absolute Gasteiger partial charge is 0.381 e. The van der Waals surface area contributed by atoms with E-state index in [2.05, 4.69) is 108 Å². The molecule has 0 aliphatic carbocycles. The first kappa shape index (κ1) is 17.4. The van der Waals surface area contributed by atoms with Gasteiger partial charge in [0.2, 0.25) is 5.95 Å². The van der Waals surface area contributed by atoms with Gasteiger partial charge >= 0.3 is 14.0 Å². The van der Waals surface area contributed by atoms with Crippen LogP contribution >= 0.6 is 0 Å². The Hall–Kier alpha value is -2.02. The zero-order chi connectivity index (χ0) is 18.9. The van der Waals surface area contributed by atoms with Gasteiger partial charge in [-0.15, -0.1) is 0 Å². The van der Waals surface area contributed by atoms with Crippen molar-refractivity contribution in [3.63, 3.8) is 0 Å². The highest BCUT2D eigenvalue weighted by molar-refractivity contribution is 6.77. The summed E-state index contributed by atoms with van der Waals surface area (Å²) in [7, 11) is 0. The van der Waals surface area contributed by atoms with Crippen molar-refractivity contribution in [3.05, 3.63) is 30.3 Å². The first-order valence-electron chi connectivity index (χ1n) is 9.34. The van der Waals surface area contributed by atoms with Crippen LogP contribution in [0.4, 0.5) is 11.6 Å². The van der Waals surface area contributed by atoms with Crippen LogP contribution in [-0.4, -0.2) is 50.6 Å². The number of hydrogen-bond donors (Lipinski definition) is 0. The predicted molar refractivity (Wildman–Crippen MR) is 107 cm³/mol. The third kappa shape index (κ3) is 2.22. The van der Waals surface area contributed by atoms with Crippen LogP contribution in [0.2, 0.25) is 13.6 Å². The molecule has 136 valence electrons. The summed E-state index contributed by atoms with van der Waals surface area (Å²) in [4.78, 5) is 4.87. The number of nitrogens with zero attached hydrogens (tertiary/aromatic N) is 7. The van der Waals surface area contributed by atoms with Crippen molar-refractivity contribution >= 4 is 25.6 Å². The summed E-state index contributed by atoms with van der Waals surface area (Å²) < 4.78 is 4.51. The van der Waals surface area contributed by atoms with E-state index in [1.807, 2.05) is 4.68 Å². The molecule has 0 saturated carbocycles. The number of hydrogen-bond acceptors (Lipinski definition) is 6. The summed E-state index contributed by atoms with van der Waals surface area (Å²) in [5, 5.41) is 12.6. The van der Waals surface area contributed by atoms with Gasteiger partial charge in [0.25, 0.3) is 0 Å². The van der Waals surface area contributed by atoms with E-state index in [9.17, 15) is 0 Å². The number of para-hydroxylation sites is 1. The van der Waals surface area contributed by atoms with Crippen LogP contribution in [0, 0.1) is 0 Å². The Morgan fingerprint density at radius 1 is 1.00 bits per heavy atom. The fraction of sp³-hybridized carbons (Fsp3) is 0.588. The molecule has 0 spiro atoms. The third-order valence-corrected chi connectivity index (χ3v) is 5.83. The smallest absolute Gasteiger partial charge is 0.334 e.